The first-order chi connectivity index (χ1) is 11.8. The van der Waals surface area contributed by atoms with Gasteiger partial charge in [0.05, 0.1) is 13.7 Å². The van der Waals surface area contributed by atoms with E-state index in [-0.39, 0.29) is 18.1 Å². The lowest BCUT2D eigenvalue weighted by Crippen LogP contribution is -2.39. The summed E-state index contributed by atoms with van der Waals surface area (Å²) in [5.74, 6) is 0.925. The summed E-state index contributed by atoms with van der Waals surface area (Å²) in [5, 5.41) is 0. The molecule has 1 fully saturated rings. The molecule has 124 valence electrons. The van der Waals surface area contributed by atoms with Crippen molar-refractivity contribution in [3.63, 3.8) is 0 Å². The summed E-state index contributed by atoms with van der Waals surface area (Å²) in [7, 11) is 1.63. The molecule has 0 unspecified atom stereocenters. The van der Waals surface area contributed by atoms with Gasteiger partial charge in [0.2, 0.25) is 0 Å². The number of Topliss-reactive ketones (excluding diaryl/α,β-unsaturated/α-hetero) is 1. The fraction of sp³-hybridized carbons (Fsp3) is 0.350. The molecular formula is C20H21NO3. The normalized spacial score (nSPS) is 22.7. The van der Waals surface area contributed by atoms with Crippen LogP contribution in [0.25, 0.3) is 0 Å². The molecule has 2 aliphatic rings. The standard InChI is InChI=1S/C20H21NO3/c1-23-17-8-6-15(7-9-17)19(22)12-16-13-24-20-18-5-3-2-4-14(18)10-11-21(16)20/h2-9,16,20H,10-13H2,1H3/t16-,20+/m1/s1. The maximum absolute atomic E-state index is 12.6. The van der Waals surface area contributed by atoms with Crippen LogP contribution in [0.3, 0.4) is 0 Å². The molecule has 2 atom stereocenters. The van der Waals surface area contributed by atoms with Crippen molar-refractivity contribution in [1.29, 1.82) is 0 Å². The highest BCUT2D eigenvalue weighted by molar-refractivity contribution is 5.96. The zero-order chi connectivity index (χ0) is 16.5. The first-order valence-corrected chi connectivity index (χ1v) is 8.38. The molecule has 2 aromatic rings. The molecular weight excluding hydrogens is 302 g/mol. The van der Waals surface area contributed by atoms with E-state index in [1.54, 1.807) is 7.11 Å². The SMILES string of the molecule is COc1ccc(C(=O)C[C@@H]2CO[C@H]3c4ccccc4CCN23)cc1. The molecule has 2 heterocycles. The molecule has 2 aliphatic heterocycles. The summed E-state index contributed by atoms with van der Waals surface area (Å²) < 4.78 is 11.2. The highest BCUT2D eigenvalue weighted by Crippen LogP contribution is 2.37. The largest absolute Gasteiger partial charge is 0.497 e. The molecule has 2 aromatic carbocycles. The highest BCUT2D eigenvalue weighted by Gasteiger charge is 2.39. The number of nitrogens with zero attached hydrogens (tertiary/aromatic N) is 1. The number of hydrogen-bond donors (Lipinski definition) is 0. The second kappa shape index (κ2) is 6.38. The van der Waals surface area contributed by atoms with Crippen LogP contribution in [0.5, 0.6) is 5.75 Å². The Balaban J connectivity index is 1.47. The molecule has 0 N–H and O–H groups in total. The van der Waals surface area contributed by atoms with Crippen molar-refractivity contribution in [2.24, 2.45) is 0 Å². The molecule has 0 bridgehead atoms. The van der Waals surface area contributed by atoms with Gasteiger partial charge in [-0.05, 0) is 41.8 Å². The Morgan fingerprint density at radius 3 is 2.79 bits per heavy atom. The molecule has 0 spiro atoms. The monoisotopic (exact) mass is 323 g/mol. The third-order valence-electron chi connectivity index (χ3n) is 5.01. The van der Waals surface area contributed by atoms with Gasteiger partial charge in [-0.1, -0.05) is 24.3 Å². The highest BCUT2D eigenvalue weighted by atomic mass is 16.5. The van der Waals surface area contributed by atoms with E-state index in [0.29, 0.717) is 13.0 Å². The van der Waals surface area contributed by atoms with Crippen LogP contribution in [0.2, 0.25) is 0 Å². The Bertz CT molecular complexity index is 741. The Labute approximate surface area is 142 Å². The van der Waals surface area contributed by atoms with E-state index in [1.807, 2.05) is 24.3 Å². The first-order valence-electron chi connectivity index (χ1n) is 8.38. The number of rotatable bonds is 4. The van der Waals surface area contributed by atoms with Crippen LogP contribution in [-0.4, -0.2) is 37.0 Å². The van der Waals surface area contributed by atoms with Gasteiger partial charge in [-0.15, -0.1) is 0 Å². The van der Waals surface area contributed by atoms with E-state index in [2.05, 4.69) is 29.2 Å². The predicted molar refractivity (Wildman–Crippen MR) is 91.3 cm³/mol. The number of fused-ring (bicyclic) bond motifs is 3. The minimum Gasteiger partial charge on any atom is -0.497 e. The van der Waals surface area contributed by atoms with Crippen molar-refractivity contribution < 1.29 is 14.3 Å². The third-order valence-corrected chi connectivity index (χ3v) is 5.01. The number of methoxy groups -OCH3 is 1. The van der Waals surface area contributed by atoms with Gasteiger partial charge in [0, 0.05) is 24.6 Å². The van der Waals surface area contributed by atoms with Gasteiger partial charge >= 0.3 is 0 Å². The molecule has 4 rings (SSSR count). The van der Waals surface area contributed by atoms with E-state index in [0.717, 1.165) is 24.3 Å². The zero-order valence-corrected chi connectivity index (χ0v) is 13.8. The first kappa shape index (κ1) is 15.4. The second-order valence-electron chi connectivity index (χ2n) is 6.38. The lowest BCUT2D eigenvalue weighted by molar-refractivity contribution is 0.0215. The van der Waals surface area contributed by atoms with Crippen molar-refractivity contribution in [2.75, 3.05) is 20.3 Å². The van der Waals surface area contributed by atoms with Crippen LogP contribution in [0, 0.1) is 0 Å². The van der Waals surface area contributed by atoms with Gasteiger partial charge in [0.25, 0.3) is 0 Å². The van der Waals surface area contributed by atoms with E-state index >= 15 is 0 Å². The van der Waals surface area contributed by atoms with Crippen molar-refractivity contribution >= 4 is 5.78 Å². The summed E-state index contributed by atoms with van der Waals surface area (Å²) in [5.41, 5.74) is 3.35. The summed E-state index contributed by atoms with van der Waals surface area (Å²) in [6.07, 6.45) is 1.51. The Kier molecular flexibility index (Phi) is 4.08. The maximum Gasteiger partial charge on any atom is 0.164 e. The van der Waals surface area contributed by atoms with Crippen molar-refractivity contribution in [2.45, 2.75) is 25.1 Å². The fourth-order valence-corrected chi connectivity index (χ4v) is 3.69. The van der Waals surface area contributed by atoms with Gasteiger partial charge < -0.3 is 9.47 Å². The number of hydrogen-bond acceptors (Lipinski definition) is 4. The average Bonchev–Trinajstić information content (AvgIpc) is 3.05. The summed E-state index contributed by atoms with van der Waals surface area (Å²) in [4.78, 5) is 14.9. The van der Waals surface area contributed by atoms with Gasteiger partial charge in [-0.2, -0.15) is 0 Å². The van der Waals surface area contributed by atoms with Gasteiger partial charge in [-0.3, -0.25) is 9.69 Å². The molecule has 4 nitrogen and oxygen atoms in total. The van der Waals surface area contributed by atoms with Crippen LogP contribution in [0.4, 0.5) is 0 Å². The molecule has 0 saturated carbocycles. The molecule has 24 heavy (non-hydrogen) atoms. The number of ketones is 1. The molecule has 4 heteroatoms. The van der Waals surface area contributed by atoms with E-state index < -0.39 is 0 Å². The van der Waals surface area contributed by atoms with Gasteiger partial charge in [0.15, 0.2) is 5.78 Å². The number of benzene rings is 2. The predicted octanol–water partition coefficient (Wildman–Crippen LogP) is 3.22. The second-order valence-corrected chi connectivity index (χ2v) is 6.38. The van der Waals surface area contributed by atoms with Gasteiger partial charge in [-0.25, -0.2) is 0 Å². The van der Waals surface area contributed by atoms with Crippen molar-refractivity contribution in [3.05, 3.63) is 65.2 Å². The molecule has 1 saturated heterocycles. The lowest BCUT2D eigenvalue weighted by Gasteiger charge is -2.33. The topological polar surface area (TPSA) is 38.8 Å². The van der Waals surface area contributed by atoms with E-state index in [4.69, 9.17) is 9.47 Å². The number of carbonyl (C=O) groups excluding carboxylic acids is 1. The number of ether oxygens (including phenoxy) is 2. The van der Waals surface area contributed by atoms with Crippen LogP contribution < -0.4 is 4.74 Å². The summed E-state index contributed by atoms with van der Waals surface area (Å²) in [6, 6.07) is 15.9. The summed E-state index contributed by atoms with van der Waals surface area (Å²) >= 11 is 0. The van der Waals surface area contributed by atoms with Crippen LogP contribution >= 0.6 is 0 Å². The summed E-state index contributed by atoms with van der Waals surface area (Å²) in [6.45, 7) is 1.56. The fourth-order valence-electron chi connectivity index (χ4n) is 3.69. The molecule has 0 amide bonds. The molecule has 0 radical (unpaired) electrons. The third kappa shape index (κ3) is 2.72. The molecule has 0 aliphatic carbocycles. The van der Waals surface area contributed by atoms with E-state index in [1.165, 1.54) is 11.1 Å². The quantitative estimate of drug-likeness (QED) is 0.810. The minimum absolute atomic E-state index is 0.00335. The smallest absolute Gasteiger partial charge is 0.164 e. The van der Waals surface area contributed by atoms with Crippen molar-refractivity contribution in [1.82, 2.24) is 4.90 Å². The van der Waals surface area contributed by atoms with Gasteiger partial charge in [0.1, 0.15) is 12.0 Å². The minimum atomic E-state index is 0.00335. The maximum atomic E-state index is 12.6. The average molecular weight is 323 g/mol. The Morgan fingerprint density at radius 2 is 2.00 bits per heavy atom. The number of carbonyl (C=O) groups is 1. The lowest BCUT2D eigenvalue weighted by atomic mass is 9.96. The Morgan fingerprint density at radius 1 is 1.21 bits per heavy atom. The van der Waals surface area contributed by atoms with E-state index in [9.17, 15) is 4.79 Å². The van der Waals surface area contributed by atoms with Crippen LogP contribution in [0.15, 0.2) is 48.5 Å². The molecule has 0 aromatic heterocycles. The van der Waals surface area contributed by atoms with Crippen LogP contribution in [0.1, 0.15) is 34.1 Å². The zero-order valence-electron chi connectivity index (χ0n) is 13.8. The van der Waals surface area contributed by atoms with Crippen LogP contribution in [-0.2, 0) is 11.2 Å². The Hall–Kier alpha value is -2.17. The van der Waals surface area contributed by atoms with Crippen molar-refractivity contribution in [3.8, 4) is 5.75 Å².